The van der Waals surface area contributed by atoms with Crippen LogP contribution >= 0.6 is 34.4 Å². The molecule has 162 valence electrons. The first-order valence-electron chi connectivity index (χ1n) is 10.00. The Morgan fingerprint density at radius 2 is 2.10 bits per heavy atom. The van der Waals surface area contributed by atoms with E-state index in [9.17, 15) is 14.4 Å². The molecule has 4 rings (SSSR count). The molecule has 0 aliphatic heterocycles. The van der Waals surface area contributed by atoms with Gasteiger partial charge in [-0.2, -0.15) is 0 Å². The zero-order valence-corrected chi connectivity index (χ0v) is 19.3. The van der Waals surface area contributed by atoms with Crippen LogP contribution in [0.2, 0.25) is 0 Å². The molecule has 31 heavy (non-hydrogen) atoms. The molecule has 0 fully saturated rings. The molecule has 2 amide bonds. The van der Waals surface area contributed by atoms with Crippen molar-refractivity contribution in [3.8, 4) is 0 Å². The summed E-state index contributed by atoms with van der Waals surface area (Å²) >= 11 is 4.06. The summed E-state index contributed by atoms with van der Waals surface area (Å²) in [7, 11) is 0. The third-order valence-corrected chi connectivity index (χ3v) is 8.02. The second-order valence-electron chi connectivity index (χ2n) is 7.11. The molecular formula is C21H22N4O3S3. The number of amides is 2. The Balaban J connectivity index is 1.52. The molecule has 0 aromatic carbocycles. The Kier molecular flexibility index (Phi) is 6.89. The van der Waals surface area contributed by atoms with Gasteiger partial charge in [-0.05, 0) is 42.7 Å². The molecule has 0 bridgehead atoms. The number of carbonyl (C=O) groups is 2. The van der Waals surface area contributed by atoms with E-state index < -0.39 is 0 Å². The zero-order chi connectivity index (χ0) is 21.8. The fourth-order valence-electron chi connectivity index (χ4n) is 3.56. The Bertz CT molecular complexity index is 1180. The maximum atomic E-state index is 13.3. The predicted molar refractivity (Wildman–Crippen MR) is 126 cm³/mol. The lowest BCUT2D eigenvalue weighted by Gasteiger charge is -2.11. The quantitative estimate of drug-likeness (QED) is 0.187. The summed E-state index contributed by atoms with van der Waals surface area (Å²) in [5.74, 6) is -0.724. The van der Waals surface area contributed by atoms with Crippen molar-refractivity contribution < 1.29 is 9.59 Å². The number of allylic oxidation sites excluding steroid dienone is 1. The molecule has 3 heterocycles. The van der Waals surface area contributed by atoms with Crippen molar-refractivity contribution in [3.05, 3.63) is 55.8 Å². The highest BCUT2D eigenvalue weighted by atomic mass is 32.2. The highest BCUT2D eigenvalue weighted by Gasteiger charge is 2.21. The highest BCUT2D eigenvalue weighted by Crippen LogP contribution is 2.34. The number of hydrogen-bond acceptors (Lipinski definition) is 7. The van der Waals surface area contributed by atoms with E-state index in [-0.39, 0.29) is 23.1 Å². The molecule has 0 saturated heterocycles. The summed E-state index contributed by atoms with van der Waals surface area (Å²) in [4.78, 5) is 44.7. The minimum Gasteiger partial charge on any atom is -0.283 e. The number of carbonyl (C=O) groups excluding carboxylic acids is 2. The van der Waals surface area contributed by atoms with Gasteiger partial charge in [-0.15, -0.1) is 29.3 Å². The minimum atomic E-state index is -0.378. The van der Waals surface area contributed by atoms with Crippen LogP contribution in [0, 0.1) is 0 Å². The zero-order valence-electron chi connectivity index (χ0n) is 16.8. The monoisotopic (exact) mass is 474 g/mol. The van der Waals surface area contributed by atoms with Gasteiger partial charge in [-0.1, -0.05) is 30.3 Å². The lowest BCUT2D eigenvalue weighted by atomic mass is 10.1. The van der Waals surface area contributed by atoms with Gasteiger partial charge in [0.1, 0.15) is 4.83 Å². The average molecular weight is 475 g/mol. The molecule has 0 spiro atoms. The van der Waals surface area contributed by atoms with E-state index in [1.165, 1.54) is 34.4 Å². The standard InChI is InChI=1S/C21H22N4O3S3/c1-2-10-25-20(28)17-13-7-4-3-5-8-14(13)31-19(17)22-21(25)30-12-16(26)23-24-18(27)15-9-6-11-29-15/h2,6,9,11H,1,3-5,7-8,10,12H2,(H,23,26)(H,24,27). The van der Waals surface area contributed by atoms with Crippen LogP contribution in [-0.2, 0) is 24.2 Å². The second-order valence-corrected chi connectivity index (χ2v) is 10.1. The van der Waals surface area contributed by atoms with Gasteiger partial charge in [0.15, 0.2) is 5.16 Å². The van der Waals surface area contributed by atoms with Crippen molar-refractivity contribution in [1.29, 1.82) is 0 Å². The van der Waals surface area contributed by atoms with Crippen molar-refractivity contribution in [2.24, 2.45) is 0 Å². The molecule has 7 nitrogen and oxygen atoms in total. The minimum absolute atomic E-state index is 0.0187. The number of thioether (sulfide) groups is 1. The largest absolute Gasteiger partial charge is 0.283 e. The van der Waals surface area contributed by atoms with E-state index >= 15 is 0 Å². The molecule has 2 N–H and O–H groups in total. The van der Waals surface area contributed by atoms with Crippen LogP contribution in [0.3, 0.4) is 0 Å². The number of hydrazine groups is 1. The molecule has 0 radical (unpaired) electrons. The smallest absolute Gasteiger partial charge is 0.279 e. The number of fused-ring (bicyclic) bond motifs is 3. The molecule has 3 aromatic rings. The molecule has 0 unspecified atom stereocenters. The lowest BCUT2D eigenvalue weighted by molar-refractivity contribution is -0.119. The van der Waals surface area contributed by atoms with E-state index in [1.807, 2.05) is 0 Å². The third kappa shape index (κ3) is 4.76. The number of nitrogens with one attached hydrogen (secondary N) is 2. The second kappa shape index (κ2) is 9.80. The van der Waals surface area contributed by atoms with E-state index in [0.29, 0.717) is 16.6 Å². The van der Waals surface area contributed by atoms with Crippen LogP contribution < -0.4 is 16.4 Å². The molecule has 1 aliphatic carbocycles. The Labute approximate surface area is 191 Å². The van der Waals surface area contributed by atoms with Crippen LogP contribution in [0.5, 0.6) is 0 Å². The maximum Gasteiger partial charge on any atom is 0.279 e. The Morgan fingerprint density at radius 3 is 2.87 bits per heavy atom. The topological polar surface area (TPSA) is 93.1 Å². The number of aryl methyl sites for hydroxylation is 2. The first kappa shape index (κ1) is 21.8. The Morgan fingerprint density at radius 1 is 1.26 bits per heavy atom. The van der Waals surface area contributed by atoms with E-state index in [4.69, 9.17) is 4.98 Å². The average Bonchev–Trinajstić information content (AvgIpc) is 3.36. The number of hydrogen-bond donors (Lipinski definition) is 2. The predicted octanol–water partition coefficient (Wildman–Crippen LogP) is 3.53. The summed E-state index contributed by atoms with van der Waals surface area (Å²) in [6.45, 7) is 4.08. The van der Waals surface area contributed by atoms with E-state index in [0.717, 1.165) is 41.5 Å². The van der Waals surface area contributed by atoms with Crippen molar-refractivity contribution in [1.82, 2.24) is 20.4 Å². The number of aromatic nitrogens is 2. The van der Waals surface area contributed by atoms with Crippen LogP contribution in [-0.4, -0.2) is 27.1 Å². The SMILES string of the molecule is C=CCn1c(SCC(=O)NNC(=O)c2cccs2)nc2sc3c(c2c1=O)CCCCC3. The van der Waals surface area contributed by atoms with Crippen molar-refractivity contribution >= 4 is 56.5 Å². The van der Waals surface area contributed by atoms with Crippen LogP contribution in [0.15, 0.2) is 40.1 Å². The molecule has 0 atom stereocenters. The van der Waals surface area contributed by atoms with Gasteiger partial charge in [-0.25, -0.2) is 4.98 Å². The number of nitrogens with zero attached hydrogens (tertiary/aromatic N) is 2. The van der Waals surface area contributed by atoms with Gasteiger partial charge >= 0.3 is 0 Å². The molecule has 10 heteroatoms. The lowest BCUT2D eigenvalue weighted by Crippen LogP contribution is -2.42. The Hall–Kier alpha value is -2.43. The first-order valence-corrected chi connectivity index (χ1v) is 12.7. The van der Waals surface area contributed by atoms with Gasteiger partial charge in [0.2, 0.25) is 5.91 Å². The van der Waals surface area contributed by atoms with Gasteiger partial charge in [0.05, 0.1) is 16.0 Å². The number of rotatable bonds is 6. The molecule has 3 aromatic heterocycles. The molecule has 1 aliphatic rings. The van der Waals surface area contributed by atoms with Gasteiger partial charge in [0.25, 0.3) is 11.5 Å². The summed E-state index contributed by atoms with van der Waals surface area (Å²) in [5.41, 5.74) is 5.88. The summed E-state index contributed by atoms with van der Waals surface area (Å²) < 4.78 is 1.58. The summed E-state index contributed by atoms with van der Waals surface area (Å²) in [6, 6.07) is 3.44. The maximum absolute atomic E-state index is 13.3. The van der Waals surface area contributed by atoms with Gasteiger partial charge in [0, 0.05) is 11.4 Å². The van der Waals surface area contributed by atoms with Crippen LogP contribution in [0.25, 0.3) is 10.2 Å². The fourth-order valence-corrected chi connectivity index (χ4v) is 6.29. The van der Waals surface area contributed by atoms with Crippen LogP contribution in [0.4, 0.5) is 0 Å². The first-order chi connectivity index (χ1) is 15.1. The number of thiophene rings is 2. The van der Waals surface area contributed by atoms with E-state index in [1.54, 1.807) is 39.5 Å². The van der Waals surface area contributed by atoms with Crippen molar-refractivity contribution in [3.63, 3.8) is 0 Å². The third-order valence-electron chi connectivity index (χ3n) is 4.99. The van der Waals surface area contributed by atoms with E-state index in [2.05, 4.69) is 17.4 Å². The normalized spacial score (nSPS) is 13.4. The van der Waals surface area contributed by atoms with Crippen molar-refractivity contribution in [2.75, 3.05) is 5.75 Å². The van der Waals surface area contributed by atoms with Gasteiger partial charge in [-0.3, -0.25) is 29.8 Å². The van der Waals surface area contributed by atoms with Crippen molar-refractivity contribution in [2.45, 2.75) is 43.8 Å². The molecular weight excluding hydrogens is 452 g/mol. The molecule has 0 saturated carbocycles. The van der Waals surface area contributed by atoms with Gasteiger partial charge < -0.3 is 0 Å². The van der Waals surface area contributed by atoms with Crippen LogP contribution in [0.1, 0.15) is 39.4 Å². The highest BCUT2D eigenvalue weighted by molar-refractivity contribution is 7.99. The summed E-state index contributed by atoms with van der Waals surface area (Å²) in [5, 5.41) is 2.99. The summed E-state index contributed by atoms with van der Waals surface area (Å²) in [6.07, 6.45) is 6.98. The fraction of sp³-hybridized carbons (Fsp3) is 0.333.